The predicted molar refractivity (Wildman–Crippen MR) is 55.2 cm³/mol. The van der Waals surface area contributed by atoms with Gasteiger partial charge in [-0.2, -0.15) is 0 Å². The number of aromatic nitrogens is 3. The van der Waals surface area contributed by atoms with Crippen LogP contribution < -0.4 is 11.3 Å². The van der Waals surface area contributed by atoms with E-state index < -0.39 is 5.91 Å². The van der Waals surface area contributed by atoms with Crippen molar-refractivity contribution in [3.63, 3.8) is 0 Å². The first-order chi connectivity index (χ1) is 7.79. The molecule has 7 heteroatoms. The Morgan fingerprint density at radius 1 is 1.69 bits per heavy atom. The van der Waals surface area contributed by atoms with Gasteiger partial charge in [-0.15, -0.1) is 5.10 Å². The number of rotatable bonds is 6. The summed E-state index contributed by atoms with van der Waals surface area (Å²) in [6, 6.07) is 0. The summed E-state index contributed by atoms with van der Waals surface area (Å²) in [7, 11) is 0. The fourth-order valence-corrected chi connectivity index (χ4v) is 1.28. The number of nitrogens with two attached hydrogens (primary N) is 1. The quantitative estimate of drug-likeness (QED) is 0.289. The van der Waals surface area contributed by atoms with Gasteiger partial charge in [0.25, 0.3) is 5.91 Å². The Bertz CT molecular complexity index is 361. The van der Waals surface area contributed by atoms with E-state index in [0.717, 1.165) is 12.5 Å². The van der Waals surface area contributed by atoms with Crippen LogP contribution in [0.2, 0.25) is 0 Å². The van der Waals surface area contributed by atoms with Crippen LogP contribution in [-0.4, -0.2) is 34.1 Å². The standard InChI is InChI=1S/C9H15N5O2/c10-11-9(15)8-5-14(13-12-8)3-4-16-6-7-1-2-7/h5,7H,1-4,6,10H2,(H,11,15). The van der Waals surface area contributed by atoms with E-state index in [-0.39, 0.29) is 5.69 Å². The molecule has 16 heavy (non-hydrogen) atoms. The Morgan fingerprint density at radius 3 is 3.19 bits per heavy atom. The Kier molecular flexibility index (Phi) is 3.47. The molecule has 0 aliphatic heterocycles. The fraction of sp³-hybridized carbons (Fsp3) is 0.667. The van der Waals surface area contributed by atoms with Gasteiger partial charge in [-0.05, 0) is 18.8 Å². The largest absolute Gasteiger partial charge is 0.379 e. The number of hydrogen-bond acceptors (Lipinski definition) is 5. The lowest BCUT2D eigenvalue weighted by atomic mass is 10.4. The molecule has 1 saturated carbocycles. The van der Waals surface area contributed by atoms with Crippen molar-refractivity contribution in [1.29, 1.82) is 0 Å². The van der Waals surface area contributed by atoms with Crippen molar-refractivity contribution >= 4 is 5.91 Å². The molecule has 0 atom stereocenters. The molecule has 0 unspecified atom stereocenters. The van der Waals surface area contributed by atoms with Crippen LogP contribution in [0.15, 0.2) is 6.20 Å². The maximum Gasteiger partial charge on any atom is 0.287 e. The molecule has 1 aromatic heterocycles. The van der Waals surface area contributed by atoms with Crippen molar-refractivity contribution in [3.8, 4) is 0 Å². The Hall–Kier alpha value is -1.47. The molecule has 0 saturated heterocycles. The fourth-order valence-electron chi connectivity index (χ4n) is 1.28. The molecule has 0 aromatic carbocycles. The van der Waals surface area contributed by atoms with Gasteiger partial charge in [0.15, 0.2) is 5.69 Å². The van der Waals surface area contributed by atoms with E-state index >= 15 is 0 Å². The van der Waals surface area contributed by atoms with E-state index in [9.17, 15) is 4.79 Å². The van der Waals surface area contributed by atoms with Gasteiger partial charge in [0.1, 0.15) is 0 Å². The molecule has 7 nitrogen and oxygen atoms in total. The van der Waals surface area contributed by atoms with Gasteiger partial charge < -0.3 is 4.74 Å². The highest BCUT2D eigenvalue weighted by Crippen LogP contribution is 2.28. The molecule has 88 valence electrons. The lowest BCUT2D eigenvalue weighted by Gasteiger charge is -2.01. The number of amides is 1. The minimum atomic E-state index is -0.440. The molecule has 0 spiro atoms. The summed E-state index contributed by atoms with van der Waals surface area (Å²) >= 11 is 0. The highest BCUT2D eigenvalue weighted by molar-refractivity contribution is 5.91. The molecule has 0 radical (unpaired) electrons. The van der Waals surface area contributed by atoms with Crippen molar-refractivity contribution in [3.05, 3.63) is 11.9 Å². The molecule has 1 aromatic rings. The summed E-state index contributed by atoms with van der Waals surface area (Å²) in [5, 5.41) is 7.47. The first-order valence-electron chi connectivity index (χ1n) is 5.28. The molecule has 0 bridgehead atoms. The molecule has 1 amide bonds. The van der Waals surface area contributed by atoms with Crippen LogP contribution in [0.5, 0.6) is 0 Å². The highest BCUT2D eigenvalue weighted by Gasteiger charge is 2.20. The molecule has 1 aliphatic carbocycles. The second kappa shape index (κ2) is 5.04. The summed E-state index contributed by atoms with van der Waals surface area (Å²) in [4.78, 5) is 11.1. The van der Waals surface area contributed by atoms with Crippen LogP contribution in [0.3, 0.4) is 0 Å². The van der Waals surface area contributed by atoms with Gasteiger partial charge in [0.2, 0.25) is 0 Å². The van der Waals surface area contributed by atoms with E-state index in [1.54, 1.807) is 10.9 Å². The van der Waals surface area contributed by atoms with E-state index in [1.165, 1.54) is 12.8 Å². The van der Waals surface area contributed by atoms with Gasteiger partial charge in [-0.3, -0.25) is 10.2 Å². The van der Waals surface area contributed by atoms with E-state index in [2.05, 4.69) is 10.3 Å². The first kappa shape index (κ1) is 11.0. The maximum atomic E-state index is 11.1. The van der Waals surface area contributed by atoms with Crippen LogP contribution in [-0.2, 0) is 11.3 Å². The summed E-state index contributed by atoms with van der Waals surface area (Å²) < 4.78 is 7.01. The van der Waals surface area contributed by atoms with E-state index in [0.29, 0.717) is 13.2 Å². The van der Waals surface area contributed by atoms with Gasteiger partial charge in [0, 0.05) is 6.61 Å². The average molecular weight is 225 g/mol. The van der Waals surface area contributed by atoms with E-state index in [1.807, 2.05) is 5.43 Å². The summed E-state index contributed by atoms with van der Waals surface area (Å²) in [6.07, 6.45) is 4.11. The zero-order chi connectivity index (χ0) is 11.4. The Morgan fingerprint density at radius 2 is 2.50 bits per heavy atom. The SMILES string of the molecule is NNC(=O)c1cn(CCOCC2CC2)nn1. The predicted octanol–water partition coefficient (Wildman–Crippen LogP) is -0.692. The lowest BCUT2D eigenvalue weighted by molar-refractivity contribution is 0.0948. The zero-order valence-corrected chi connectivity index (χ0v) is 8.93. The number of carbonyl (C=O) groups excluding carboxylic acids is 1. The van der Waals surface area contributed by atoms with Crippen LogP contribution in [0, 0.1) is 5.92 Å². The van der Waals surface area contributed by atoms with Gasteiger partial charge in [0.05, 0.1) is 19.3 Å². The van der Waals surface area contributed by atoms with Crippen molar-refractivity contribution in [2.75, 3.05) is 13.2 Å². The number of nitrogen functional groups attached to an aromatic ring is 1. The van der Waals surface area contributed by atoms with Crippen LogP contribution >= 0.6 is 0 Å². The molecule has 1 fully saturated rings. The average Bonchev–Trinajstić information content (AvgIpc) is 3.01. The van der Waals surface area contributed by atoms with Gasteiger partial charge >= 0.3 is 0 Å². The molecule has 3 N–H and O–H groups in total. The molecular formula is C9H15N5O2. The van der Waals surface area contributed by atoms with Crippen molar-refractivity contribution in [1.82, 2.24) is 20.4 Å². The number of carbonyl (C=O) groups is 1. The van der Waals surface area contributed by atoms with Crippen LogP contribution in [0.4, 0.5) is 0 Å². The van der Waals surface area contributed by atoms with Gasteiger partial charge in [-0.25, -0.2) is 10.5 Å². The second-order valence-corrected chi connectivity index (χ2v) is 3.86. The Labute approximate surface area is 92.9 Å². The lowest BCUT2D eigenvalue weighted by Crippen LogP contribution is -2.30. The third kappa shape index (κ3) is 3.01. The highest BCUT2D eigenvalue weighted by atomic mass is 16.5. The third-order valence-electron chi connectivity index (χ3n) is 2.42. The maximum absolute atomic E-state index is 11.1. The number of hydrazine groups is 1. The van der Waals surface area contributed by atoms with Gasteiger partial charge in [-0.1, -0.05) is 5.21 Å². The summed E-state index contributed by atoms with van der Waals surface area (Å²) in [5.41, 5.74) is 2.21. The number of hydrogen-bond donors (Lipinski definition) is 2. The number of nitrogens with one attached hydrogen (secondary N) is 1. The first-order valence-corrected chi connectivity index (χ1v) is 5.28. The number of ether oxygens (including phenoxy) is 1. The molecule has 1 aliphatic rings. The molecule has 1 heterocycles. The van der Waals surface area contributed by atoms with E-state index in [4.69, 9.17) is 10.6 Å². The minimum absolute atomic E-state index is 0.213. The minimum Gasteiger partial charge on any atom is -0.379 e. The van der Waals surface area contributed by atoms with Crippen molar-refractivity contribution in [2.45, 2.75) is 19.4 Å². The third-order valence-corrected chi connectivity index (χ3v) is 2.42. The van der Waals surface area contributed by atoms with Crippen LogP contribution in [0.1, 0.15) is 23.3 Å². The normalized spacial score (nSPS) is 15.1. The molecular weight excluding hydrogens is 210 g/mol. The monoisotopic (exact) mass is 225 g/mol. The van der Waals surface area contributed by atoms with Crippen molar-refractivity contribution < 1.29 is 9.53 Å². The second-order valence-electron chi connectivity index (χ2n) is 3.86. The van der Waals surface area contributed by atoms with Crippen LogP contribution in [0.25, 0.3) is 0 Å². The smallest absolute Gasteiger partial charge is 0.287 e. The Balaban J connectivity index is 1.71. The summed E-state index contributed by atoms with van der Waals surface area (Å²) in [5.74, 6) is 5.29. The topological polar surface area (TPSA) is 95.1 Å². The summed E-state index contributed by atoms with van der Waals surface area (Å²) in [6.45, 7) is 2.01. The zero-order valence-electron chi connectivity index (χ0n) is 8.93. The molecule has 2 rings (SSSR count). The van der Waals surface area contributed by atoms with Crippen molar-refractivity contribution in [2.24, 2.45) is 11.8 Å². The number of nitrogens with zero attached hydrogens (tertiary/aromatic N) is 3.